The summed E-state index contributed by atoms with van der Waals surface area (Å²) < 4.78 is 0. The van der Waals surface area contributed by atoms with Crippen molar-refractivity contribution in [2.45, 2.75) is 0 Å². The molecule has 2 aromatic rings. The van der Waals surface area contributed by atoms with E-state index in [4.69, 9.17) is 5.73 Å². The van der Waals surface area contributed by atoms with Gasteiger partial charge in [-0.05, 0) is 6.07 Å². The average Bonchev–Trinajstić information content (AvgIpc) is 2.52. The summed E-state index contributed by atoms with van der Waals surface area (Å²) in [6.07, 6.45) is 1.47. The Morgan fingerprint density at radius 1 is 1.54 bits per heavy atom. The van der Waals surface area contributed by atoms with Gasteiger partial charge >= 0.3 is 0 Å². The molecule has 6 nitrogen and oxygen atoms in total. The predicted octanol–water partition coefficient (Wildman–Crippen LogP) is 1.05. The Kier molecular flexibility index (Phi) is 1.42. The summed E-state index contributed by atoms with van der Waals surface area (Å²) in [4.78, 5) is 9.97. The van der Waals surface area contributed by atoms with Crippen LogP contribution in [0.15, 0.2) is 18.3 Å². The van der Waals surface area contributed by atoms with Gasteiger partial charge in [-0.2, -0.15) is 5.10 Å². The molecule has 0 spiro atoms. The number of aromatic amines is 1. The van der Waals surface area contributed by atoms with Gasteiger partial charge in [-0.15, -0.1) is 0 Å². The van der Waals surface area contributed by atoms with Crippen molar-refractivity contribution in [1.82, 2.24) is 10.2 Å². The van der Waals surface area contributed by atoms with Crippen LogP contribution < -0.4 is 5.73 Å². The summed E-state index contributed by atoms with van der Waals surface area (Å²) in [6.45, 7) is 0. The number of benzene rings is 1. The van der Waals surface area contributed by atoms with Crippen LogP contribution in [0.25, 0.3) is 10.9 Å². The molecule has 0 aliphatic heterocycles. The van der Waals surface area contributed by atoms with E-state index in [1.165, 1.54) is 12.3 Å². The van der Waals surface area contributed by atoms with Crippen molar-refractivity contribution < 1.29 is 4.92 Å². The third kappa shape index (κ3) is 0.994. The third-order valence-corrected chi connectivity index (χ3v) is 1.84. The van der Waals surface area contributed by atoms with E-state index in [-0.39, 0.29) is 11.4 Å². The van der Waals surface area contributed by atoms with Crippen LogP contribution in [-0.4, -0.2) is 15.1 Å². The largest absolute Gasteiger partial charge is 0.393 e. The number of fused-ring (bicyclic) bond motifs is 1. The molecule has 1 heterocycles. The maximum absolute atomic E-state index is 10.5. The van der Waals surface area contributed by atoms with Gasteiger partial charge in [0.25, 0.3) is 5.69 Å². The smallest absolute Gasteiger partial charge is 0.292 e. The molecular formula is C7H6N4O2. The van der Waals surface area contributed by atoms with Crippen LogP contribution in [0.2, 0.25) is 0 Å². The molecule has 0 atom stereocenters. The lowest BCUT2D eigenvalue weighted by Crippen LogP contribution is -1.95. The van der Waals surface area contributed by atoms with Gasteiger partial charge in [0.1, 0.15) is 5.69 Å². The first kappa shape index (κ1) is 7.53. The second kappa shape index (κ2) is 2.44. The normalized spacial score (nSPS) is 10.5. The van der Waals surface area contributed by atoms with Crippen molar-refractivity contribution >= 4 is 22.3 Å². The number of nitrogens with two attached hydrogens (primary N) is 1. The topological polar surface area (TPSA) is 97.8 Å². The van der Waals surface area contributed by atoms with E-state index in [0.717, 1.165) is 0 Å². The summed E-state index contributed by atoms with van der Waals surface area (Å²) >= 11 is 0. The summed E-state index contributed by atoms with van der Waals surface area (Å²) in [7, 11) is 0. The number of hydrogen-bond acceptors (Lipinski definition) is 4. The van der Waals surface area contributed by atoms with Crippen LogP contribution in [0.1, 0.15) is 0 Å². The fourth-order valence-electron chi connectivity index (χ4n) is 1.19. The average molecular weight is 178 g/mol. The minimum absolute atomic E-state index is 0.0890. The van der Waals surface area contributed by atoms with Crippen molar-refractivity contribution in [2.75, 3.05) is 5.73 Å². The highest BCUT2D eigenvalue weighted by Gasteiger charge is 2.14. The number of nitrogen functional groups attached to an aromatic ring is 1. The van der Waals surface area contributed by atoms with Crippen molar-refractivity contribution in [1.29, 1.82) is 0 Å². The zero-order valence-electron chi connectivity index (χ0n) is 6.52. The highest BCUT2D eigenvalue weighted by molar-refractivity contribution is 5.94. The molecule has 0 aliphatic rings. The van der Waals surface area contributed by atoms with Crippen LogP contribution in [0.5, 0.6) is 0 Å². The Balaban J connectivity index is 2.80. The molecule has 1 aromatic carbocycles. The standard InChI is InChI=1S/C7H6N4O2/c8-7-4-3-9-10-5(4)1-2-6(7)11(12)13/h1-3H,8H2,(H,9,10). The minimum Gasteiger partial charge on any atom is -0.393 e. The summed E-state index contributed by atoms with van der Waals surface area (Å²) in [6, 6.07) is 2.94. The van der Waals surface area contributed by atoms with Crippen molar-refractivity contribution in [3.05, 3.63) is 28.4 Å². The maximum Gasteiger partial charge on any atom is 0.292 e. The van der Waals surface area contributed by atoms with Gasteiger partial charge in [-0.3, -0.25) is 15.2 Å². The Hall–Kier alpha value is -2.11. The second-order valence-corrected chi connectivity index (χ2v) is 2.59. The van der Waals surface area contributed by atoms with E-state index in [2.05, 4.69) is 10.2 Å². The molecule has 13 heavy (non-hydrogen) atoms. The fraction of sp³-hybridized carbons (Fsp3) is 0. The van der Waals surface area contributed by atoms with Gasteiger partial charge < -0.3 is 5.73 Å². The Morgan fingerprint density at radius 3 is 3.00 bits per heavy atom. The molecule has 0 fully saturated rings. The van der Waals surface area contributed by atoms with Crippen LogP contribution in [-0.2, 0) is 0 Å². The number of rotatable bonds is 1. The lowest BCUT2D eigenvalue weighted by atomic mass is 10.2. The quantitative estimate of drug-likeness (QED) is 0.387. The highest BCUT2D eigenvalue weighted by atomic mass is 16.6. The predicted molar refractivity (Wildman–Crippen MR) is 47.2 cm³/mol. The molecule has 3 N–H and O–H groups in total. The van der Waals surface area contributed by atoms with E-state index in [9.17, 15) is 10.1 Å². The number of hydrogen-bond donors (Lipinski definition) is 2. The van der Waals surface area contributed by atoms with Gasteiger partial charge in [0.05, 0.1) is 16.6 Å². The van der Waals surface area contributed by atoms with Gasteiger partial charge in [-0.1, -0.05) is 0 Å². The molecule has 0 bridgehead atoms. The maximum atomic E-state index is 10.5. The van der Waals surface area contributed by atoms with Crippen LogP contribution in [0.4, 0.5) is 11.4 Å². The Bertz CT molecular complexity index is 476. The van der Waals surface area contributed by atoms with Crippen molar-refractivity contribution in [3.8, 4) is 0 Å². The zero-order valence-corrected chi connectivity index (χ0v) is 6.52. The molecule has 0 saturated carbocycles. The van der Waals surface area contributed by atoms with E-state index >= 15 is 0 Å². The van der Waals surface area contributed by atoms with E-state index < -0.39 is 4.92 Å². The van der Waals surface area contributed by atoms with Gasteiger partial charge in [0.15, 0.2) is 0 Å². The minimum atomic E-state index is -0.512. The number of nitrogens with zero attached hydrogens (tertiary/aromatic N) is 2. The number of H-pyrrole nitrogens is 1. The lowest BCUT2D eigenvalue weighted by Gasteiger charge is -1.96. The zero-order chi connectivity index (χ0) is 9.42. The fourth-order valence-corrected chi connectivity index (χ4v) is 1.19. The van der Waals surface area contributed by atoms with Gasteiger partial charge in [0, 0.05) is 11.5 Å². The van der Waals surface area contributed by atoms with Gasteiger partial charge in [-0.25, -0.2) is 0 Å². The first-order chi connectivity index (χ1) is 6.20. The molecule has 0 aliphatic carbocycles. The Labute approximate surface area is 72.5 Å². The van der Waals surface area contributed by atoms with E-state index in [1.807, 2.05) is 0 Å². The Morgan fingerprint density at radius 2 is 2.31 bits per heavy atom. The number of nitro groups is 1. The third-order valence-electron chi connectivity index (χ3n) is 1.84. The molecule has 0 amide bonds. The summed E-state index contributed by atoms with van der Waals surface area (Å²) in [5, 5.41) is 17.5. The molecule has 1 aromatic heterocycles. The molecular weight excluding hydrogens is 172 g/mol. The lowest BCUT2D eigenvalue weighted by molar-refractivity contribution is -0.383. The molecule has 2 rings (SSSR count). The molecule has 6 heteroatoms. The number of aromatic nitrogens is 2. The summed E-state index contributed by atoms with van der Waals surface area (Å²) in [5.74, 6) is 0. The van der Waals surface area contributed by atoms with Crippen LogP contribution >= 0.6 is 0 Å². The number of nitrogens with one attached hydrogen (secondary N) is 1. The van der Waals surface area contributed by atoms with Crippen molar-refractivity contribution in [3.63, 3.8) is 0 Å². The summed E-state index contributed by atoms with van der Waals surface area (Å²) in [5.41, 5.74) is 6.32. The molecule has 0 radical (unpaired) electrons. The monoisotopic (exact) mass is 178 g/mol. The number of anilines is 1. The van der Waals surface area contributed by atoms with E-state index in [0.29, 0.717) is 10.9 Å². The molecule has 0 saturated heterocycles. The van der Waals surface area contributed by atoms with Crippen LogP contribution in [0.3, 0.4) is 0 Å². The van der Waals surface area contributed by atoms with E-state index in [1.54, 1.807) is 6.07 Å². The van der Waals surface area contributed by atoms with Gasteiger partial charge in [0.2, 0.25) is 0 Å². The second-order valence-electron chi connectivity index (χ2n) is 2.59. The molecule has 0 unspecified atom stereocenters. The molecule has 66 valence electrons. The van der Waals surface area contributed by atoms with Crippen LogP contribution in [0, 0.1) is 10.1 Å². The van der Waals surface area contributed by atoms with Crippen molar-refractivity contribution in [2.24, 2.45) is 0 Å². The highest BCUT2D eigenvalue weighted by Crippen LogP contribution is 2.28. The first-order valence-corrected chi connectivity index (χ1v) is 3.56. The number of nitro benzene ring substituents is 1. The SMILES string of the molecule is Nc1c([N+](=O)[O-])ccc2[nH]ncc12. The first-order valence-electron chi connectivity index (χ1n) is 3.56.